The van der Waals surface area contributed by atoms with Gasteiger partial charge in [-0.3, -0.25) is 0 Å². The molecule has 1 aromatic carbocycles. The molecule has 32 heavy (non-hydrogen) atoms. The molecule has 2 fully saturated rings. The van der Waals surface area contributed by atoms with Crippen LogP contribution < -0.4 is 0 Å². The Kier molecular flexibility index (Phi) is 7.84. The molecule has 2 saturated carbocycles. The summed E-state index contributed by atoms with van der Waals surface area (Å²) in [5.41, 5.74) is 2.01. The van der Waals surface area contributed by atoms with Crippen molar-refractivity contribution < 1.29 is 13.2 Å². The minimum absolute atomic E-state index is 0.0399. The highest BCUT2D eigenvalue weighted by Gasteiger charge is 2.32. The molecule has 0 N–H and O–H groups in total. The second-order valence-corrected chi connectivity index (χ2v) is 10.5. The van der Waals surface area contributed by atoms with Gasteiger partial charge in [0.2, 0.25) is 0 Å². The average molecular weight is 445 g/mol. The summed E-state index contributed by atoms with van der Waals surface area (Å²) >= 11 is 0. The van der Waals surface area contributed by atoms with Crippen LogP contribution in [-0.4, -0.2) is 0 Å². The highest BCUT2D eigenvalue weighted by molar-refractivity contribution is 5.32. The smallest absolute Gasteiger partial charge is 0.162 e. The molecule has 0 amide bonds. The van der Waals surface area contributed by atoms with Crippen molar-refractivity contribution in [2.45, 2.75) is 103 Å². The lowest BCUT2D eigenvalue weighted by Gasteiger charge is -2.34. The van der Waals surface area contributed by atoms with Gasteiger partial charge in [0, 0.05) is 0 Å². The Morgan fingerprint density at radius 3 is 1.84 bits per heavy atom. The lowest BCUT2D eigenvalue weighted by Crippen LogP contribution is -2.22. The van der Waals surface area contributed by atoms with E-state index in [9.17, 15) is 4.39 Å². The van der Waals surface area contributed by atoms with E-state index in [-0.39, 0.29) is 23.6 Å². The van der Waals surface area contributed by atoms with Crippen molar-refractivity contribution in [1.82, 2.24) is 0 Å². The first kappa shape index (κ1) is 23.6. The second-order valence-electron chi connectivity index (χ2n) is 10.5. The largest absolute Gasteiger partial charge is 0.207 e. The van der Waals surface area contributed by atoms with E-state index in [1.165, 1.54) is 6.42 Å². The fraction of sp³-hybridized carbons (Fsp3) is 0.655. The minimum atomic E-state index is -0.612. The molecule has 1 aromatic rings. The molecule has 0 radical (unpaired) electrons. The number of hydrogen-bond acceptors (Lipinski definition) is 0. The van der Waals surface area contributed by atoms with Gasteiger partial charge < -0.3 is 0 Å². The van der Waals surface area contributed by atoms with Crippen LogP contribution in [0.5, 0.6) is 0 Å². The summed E-state index contributed by atoms with van der Waals surface area (Å²) in [5.74, 6) is 0.424. The Balaban J connectivity index is 1.37. The average Bonchev–Trinajstić information content (AvgIpc) is 2.82. The van der Waals surface area contributed by atoms with Gasteiger partial charge in [0.1, 0.15) is 5.83 Å². The zero-order valence-electron chi connectivity index (χ0n) is 19.8. The van der Waals surface area contributed by atoms with Crippen molar-refractivity contribution in [3.05, 3.63) is 58.4 Å². The Morgan fingerprint density at radius 1 is 0.781 bits per heavy atom. The molecule has 1 atom stereocenters. The number of halogens is 3. The third-order valence-corrected chi connectivity index (χ3v) is 8.65. The first-order chi connectivity index (χ1) is 15.5. The van der Waals surface area contributed by atoms with Gasteiger partial charge in [-0.1, -0.05) is 44.9 Å². The van der Waals surface area contributed by atoms with Crippen LogP contribution in [-0.2, 0) is 0 Å². The van der Waals surface area contributed by atoms with E-state index < -0.39 is 11.6 Å². The summed E-state index contributed by atoms with van der Waals surface area (Å²) < 4.78 is 44.6. The molecule has 0 bridgehead atoms. The molecule has 0 spiro atoms. The van der Waals surface area contributed by atoms with Crippen LogP contribution in [0.15, 0.2) is 35.7 Å². The maximum Gasteiger partial charge on any atom is 0.162 e. The number of benzene rings is 1. The van der Waals surface area contributed by atoms with Crippen LogP contribution in [0.25, 0.3) is 0 Å². The van der Waals surface area contributed by atoms with Crippen LogP contribution in [0.4, 0.5) is 13.2 Å². The third-order valence-electron chi connectivity index (χ3n) is 8.65. The summed E-state index contributed by atoms with van der Waals surface area (Å²) in [6.07, 6.45) is 15.6. The van der Waals surface area contributed by atoms with Gasteiger partial charge in [-0.15, -0.1) is 0 Å². The summed E-state index contributed by atoms with van der Waals surface area (Å²) in [7, 11) is 0. The van der Waals surface area contributed by atoms with Gasteiger partial charge in [-0.25, -0.2) is 13.2 Å². The molecule has 0 heterocycles. The molecule has 0 aliphatic heterocycles. The predicted octanol–water partition coefficient (Wildman–Crippen LogP) is 9.52. The van der Waals surface area contributed by atoms with Crippen LogP contribution in [0.1, 0.15) is 114 Å². The topological polar surface area (TPSA) is 0 Å². The zero-order valence-corrected chi connectivity index (χ0v) is 19.8. The highest BCUT2D eigenvalue weighted by Crippen LogP contribution is 2.44. The summed E-state index contributed by atoms with van der Waals surface area (Å²) in [4.78, 5) is 0. The van der Waals surface area contributed by atoms with Crippen molar-refractivity contribution in [1.29, 1.82) is 0 Å². The summed E-state index contributed by atoms with van der Waals surface area (Å²) in [6, 6.07) is 3.74. The number of rotatable bonds is 6. The molecule has 3 heteroatoms. The zero-order chi connectivity index (χ0) is 22.7. The van der Waals surface area contributed by atoms with Gasteiger partial charge in [0.25, 0.3) is 0 Å². The quantitative estimate of drug-likeness (QED) is 0.410. The molecule has 3 aliphatic rings. The molecule has 0 aromatic heterocycles. The second kappa shape index (κ2) is 10.6. The van der Waals surface area contributed by atoms with Gasteiger partial charge in [-0.05, 0) is 117 Å². The van der Waals surface area contributed by atoms with Gasteiger partial charge >= 0.3 is 0 Å². The molecule has 0 nitrogen and oxygen atoms in total. The fourth-order valence-corrected chi connectivity index (χ4v) is 6.51. The van der Waals surface area contributed by atoms with E-state index in [1.807, 2.05) is 18.2 Å². The predicted molar refractivity (Wildman–Crippen MR) is 126 cm³/mol. The van der Waals surface area contributed by atoms with Gasteiger partial charge in [0.05, 0.1) is 0 Å². The normalized spacial score (nSPS) is 31.2. The molecular weight excluding hydrogens is 405 g/mol. The Labute approximate surface area is 192 Å². The molecule has 0 saturated heterocycles. The van der Waals surface area contributed by atoms with E-state index in [4.69, 9.17) is 0 Å². The minimum Gasteiger partial charge on any atom is -0.207 e. The Morgan fingerprint density at radius 2 is 1.34 bits per heavy atom. The van der Waals surface area contributed by atoms with E-state index in [0.717, 1.165) is 82.1 Å². The SMILES string of the molecule is CCCC1=CCC(C2CCC(c3ccc(C4CCC(CC)CC4)c(F)c3F)CC2)C=C1F. The Bertz CT molecular complexity index is 836. The number of hydrogen-bond donors (Lipinski definition) is 0. The van der Waals surface area contributed by atoms with Crippen molar-refractivity contribution in [2.75, 3.05) is 0 Å². The molecule has 3 aliphatic carbocycles. The van der Waals surface area contributed by atoms with E-state index >= 15 is 8.78 Å². The van der Waals surface area contributed by atoms with E-state index in [2.05, 4.69) is 19.9 Å². The van der Waals surface area contributed by atoms with Crippen LogP contribution >= 0.6 is 0 Å². The van der Waals surface area contributed by atoms with Crippen molar-refractivity contribution >= 4 is 0 Å². The Hall–Kier alpha value is -1.51. The van der Waals surface area contributed by atoms with Crippen LogP contribution in [0.3, 0.4) is 0 Å². The monoisotopic (exact) mass is 444 g/mol. The van der Waals surface area contributed by atoms with E-state index in [1.54, 1.807) is 0 Å². The first-order valence-electron chi connectivity index (χ1n) is 13.1. The molecule has 176 valence electrons. The van der Waals surface area contributed by atoms with Gasteiger partial charge in [0.15, 0.2) is 11.6 Å². The fourth-order valence-electron chi connectivity index (χ4n) is 6.51. The lowest BCUT2D eigenvalue weighted by atomic mass is 9.71. The summed E-state index contributed by atoms with van der Waals surface area (Å²) in [5, 5.41) is 0. The lowest BCUT2D eigenvalue weighted by molar-refractivity contribution is 0.258. The highest BCUT2D eigenvalue weighted by atomic mass is 19.2. The van der Waals surface area contributed by atoms with Crippen molar-refractivity contribution in [3.63, 3.8) is 0 Å². The molecular formula is C29H39F3. The third kappa shape index (κ3) is 5.02. The van der Waals surface area contributed by atoms with Gasteiger partial charge in [-0.2, -0.15) is 0 Å². The van der Waals surface area contributed by atoms with Crippen molar-refractivity contribution in [2.24, 2.45) is 17.8 Å². The molecule has 1 unspecified atom stereocenters. The van der Waals surface area contributed by atoms with E-state index in [0.29, 0.717) is 17.0 Å². The maximum atomic E-state index is 15.1. The van der Waals surface area contributed by atoms with Crippen LogP contribution in [0.2, 0.25) is 0 Å². The number of allylic oxidation sites excluding steroid dienone is 4. The maximum absolute atomic E-state index is 15.1. The van der Waals surface area contributed by atoms with Crippen LogP contribution in [0, 0.1) is 29.4 Å². The van der Waals surface area contributed by atoms with Crippen molar-refractivity contribution in [3.8, 4) is 0 Å². The standard InChI is InChI=1S/C29H39F3/c1-3-5-23-14-15-24(18-27(23)30)20-10-12-22(13-11-20)26-17-16-25(28(31)29(26)32)21-8-6-19(4-2)7-9-21/h14,16-22,24H,3-13,15H2,1-2H3. The molecule has 4 rings (SSSR count). The first-order valence-corrected chi connectivity index (χ1v) is 13.1. The summed E-state index contributed by atoms with van der Waals surface area (Å²) in [6.45, 7) is 4.29.